The van der Waals surface area contributed by atoms with Gasteiger partial charge in [0.05, 0.1) is 12.8 Å². The van der Waals surface area contributed by atoms with Gasteiger partial charge in [0.25, 0.3) is 0 Å². The van der Waals surface area contributed by atoms with Crippen molar-refractivity contribution in [2.24, 2.45) is 5.92 Å². The average Bonchev–Trinajstić information content (AvgIpc) is 3.18. The molecule has 1 aliphatic carbocycles. The summed E-state index contributed by atoms with van der Waals surface area (Å²) in [5, 5.41) is 3.70. The summed E-state index contributed by atoms with van der Waals surface area (Å²) in [4.78, 5) is 0. The number of hydrogen-bond donors (Lipinski definition) is 1. The summed E-state index contributed by atoms with van der Waals surface area (Å²) in [7, 11) is 1.75. The zero-order chi connectivity index (χ0) is 14.0. The van der Waals surface area contributed by atoms with Crippen molar-refractivity contribution in [1.29, 1.82) is 0 Å². The third-order valence-corrected chi connectivity index (χ3v) is 4.04. The second-order valence-corrected chi connectivity index (χ2v) is 6.66. The highest BCUT2D eigenvalue weighted by Crippen LogP contribution is 2.38. The van der Waals surface area contributed by atoms with E-state index in [9.17, 15) is 0 Å². The van der Waals surface area contributed by atoms with Gasteiger partial charge >= 0.3 is 0 Å². The molecule has 1 atom stereocenters. The molecule has 1 unspecified atom stereocenters. The van der Waals surface area contributed by atoms with E-state index in [2.05, 4.69) is 51.2 Å². The standard InChI is InChI=1S/C17H27NO/c1-6-14(12-7-8-12)18-15-11-13(17(2,3)4)9-10-16(15)19-5/h9-12,14,18H,6-8H2,1-5H3. The molecule has 0 radical (unpaired) electrons. The Balaban J connectivity index is 2.25. The van der Waals surface area contributed by atoms with Crippen molar-refractivity contribution < 1.29 is 4.74 Å². The lowest BCUT2D eigenvalue weighted by atomic mass is 9.86. The van der Waals surface area contributed by atoms with E-state index in [4.69, 9.17) is 4.74 Å². The maximum Gasteiger partial charge on any atom is 0.141 e. The van der Waals surface area contributed by atoms with Gasteiger partial charge in [-0.2, -0.15) is 0 Å². The molecule has 1 saturated carbocycles. The molecule has 1 aromatic carbocycles. The van der Waals surface area contributed by atoms with E-state index < -0.39 is 0 Å². The van der Waals surface area contributed by atoms with Crippen molar-refractivity contribution in [1.82, 2.24) is 0 Å². The summed E-state index contributed by atoms with van der Waals surface area (Å²) in [6.45, 7) is 9.00. The molecule has 0 aliphatic heterocycles. The summed E-state index contributed by atoms with van der Waals surface area (Å²) in [5.41, 5.74) is 2.67. The van der Waals surface area contributed by atoms with Crippen LogP contribution in [0.2, 0.25) is 0 Å². The van der Waals surface area contributed by atoms with Crippen LogP contribution in [0.4, 0.5) is 5.69 Å². The van der Waals surface area contributed by atoms with Crippen molar-refractivity contribution in [2.75, 3.05) is 12.4 Å². The number of ether oxygens (including phenoxy) is 1. The normalized spacial score (nSPS) is 17.1. The highest BCUT2D eigenvalue weighted by molar-refractivity contribution is 5.59. The maximum absolute atomic E-state index is 5.50. The molecule has 2 rings (SSSR count). The fourth-order valence-corrected chi connectivity index (χ4v) is 2.54. The molecule has 19 heavy (non-hydrogen) atoms. The van der Waals surface area contributed by atoms with Gasteiger partial charge in [0, 0.05) is 6.04 Å². The Hall–Kier alpha value is -1.18. The molecule has 0 amide bonds. The lowest BCUT2D eigenvalue weighted by molar-refractivity contribution is 0.415. The van der Waals surface area contributed by atoms with Crippen molar-refractivity contribution in [2.45, 2.75) is 58.4 Å². The third-order valence-electron chi connectivity index (χ3n) is 4.04. The lowest BCUT2D eigenvalue weighted by Gasteiger charge is -2.24. The quantitative estimate of drug-likeness (QED) is 0.836. The average molecular weight is 261 g/mol. The van der Waals surface area contributed by atoms with Gasteiger partial charge < -0.3 is 10.1 Å². The van der Waals surface area contributed by atoms with Gasteiger partial charge in [-0.15, -0.1) is 0 Å². The zero-order valence-electron chi connectivity index (χ0n) is 12.9. The van der Waals surface area contributed by atoms with Gasteiger partial charge in [0.1, 0.15) is 5.75 Å². The molecule has 2 heteroatoms. The molecule has 0 saturated heterocycles. The van der Waals surface area contributed by atoms with Gasteiger partial charge in [0.2, 0.25) is 0 Å². The van der Waals surface area contributed by atoms with Crippen LogP contribution in [0.15, 0.2) is 18.2 Å². The Bertz CT molecular complexity index is 429. The zero-order valence-corrected chi connectivity index (χ0v) is 12.9. The van der Waals surface area contributed by atoms with Crippen LogP contribution in [-0.4, -0.2) is 13.2 Å². The molecule has 0 aromatic heterocycles. The smallest absolute Gasteiger partial charge is 0.141 e. The van der Waals surface area contributed by atoms with Gasteiger partial charge in [0.15, 0.2) is 0 Å². The molecule has 1 fully saturated rings. The molecule has 0 spiro atoms. The number of rotatable bonds is 5. The number of hydrogen-bond acceptors (Lipinski definition) is 2. The molecular weight excluding hydrogens is 234 g/mol. The van der Waals surface area contributed by atoms with E-state index in [1.807, 2.05) is 0 Å². The largest absolute Gasteiger partial charge is 0.495 e. The molecule has 1 aromatic rings. The topological polar surface area (TPSA) is 21.3 Å². The van der Waals surface area contributed by atoms with E-state index >= 15 is 0 Å². The van der Waals surface area contributed by atoms with Crippen LogP contribution < -0.4 is 10.1 Å². The van der Waals surface area contributed by atoms with Gasteiger partial charge in [-0.1, -0.05) is 33.8 Å². The van der Waals surface area contributed by atoms with E-state index in [0.29, 0.717) is 6.04 Å². The van der Waals surface area contributed by atoms with Crippen LogP contribution in [0.5, 0.6) is 5.75 Å². The predicted molar refractivity (Wildman–Crippen MR) is 82.1 cm³/mol. The van der Waals surface area contributed by atoms with Crippen molar-refractivity contribution >= 4 is 5.69 Å². The first-order chi connectivity index (χ1) is 8.95. The fourth-order valence-electron chi connectivity index (χ4n) is 2.54. The Labute approximate surface area is 117 Å². The highest BCUT2D eigenvalue weighted by atomic mass is 16.5. The third kappa shape index (κ3) is 3.43. The van der Waals surface area contributed by atoms with E-state index in [0.717, 1.165) is 17.4 Å². The fraction of sp³-hybridized carbons (Fsp3) is 0.647. The number of nitrogens with one attached hydrogen (secondary N) is 1. The summed E-state index contributed by atoms with van der Waals surface area (Å²) in [6, 6.07) is 7.10. The first-order valence-electron chi connectivity index (χ1n) is 7.40. The summed E-state index contributed by atoms with van der Waals surface area (Å²) in [5.74, 6) is 1.81. The minimum Gasteiger partial charge on any atom is -0.495 e. The van der Waals surface area contributed by atoms with Crippen LogP contribution in [0.25, 0.3) is 0 Å². The lowest BCUT2D eigenvalue weighted by Crippen LogP contribution is -2.21. The van der Waals surface area contributed by atoms with Crippen molar-refractivity contribution in [3.63, 3.8) is 0 Å². The maximum atomic E-state index is 5.50. The van der Waals surface area contributed by atoms with Gasteiger partial charge in [-0.3, -0.25) is 0 Å². The summed E-state index contributed by atoms with van der Waals surface area (Å²) >= 11 is 0. The van der Waals surface area contributed by atoms with Gasteiger partial charge in [-0.25, -0.2) is 0 Å². The van der Waals surface area contributed by atoms with E-state index in [1.165, 1.54) is 24.8 Å². The van der Waals surface area contributed by atoms with Crippen molar-refractivity contribution in [3.8, 4) is 5.75 Å². The Morgan fingerprint density at radius 2 is 2.00 bits per heavy atom. The van der Waals surface area contributed by atoms with Gasteiger partial charge in [-0.05, 0) is 48.3 Å². The molecule has 106 valence electrons. The monoisotopic (exact) mass is 261 g/mol. The van der Waals surface area contributed by atoms with E-state index in [-0.39, 0.29) is 5.41 Å². The predicted octanol–water partition coefficient (Wildman–Crippen LogP) is 4.59. The SMILES string of the molecule is CCC(Nc1cc(C(C)(C)C)ccc1OC)C1CC1. The number of benzene rings is 1. The van der Waals surface area contributed by atoms with Crippen LogP contribution in [0.1, 0.15) is 52.5 Å². The molecule has 1 N–H and O–H groups in total. The molecular formula is C17H27NO. The van der Waals surface area contributed by atoms with Crippen LogP contribution in [-0.2, 0) is 5.41 Å². The minimum atomic E-state index is 0.171. The first-order valence-corrected chi connectivity index (χ1v) is 7.40. The molecule has 0 heterocycles. The second-order valence-electron chi connectivity index (χ2n) is 6.66. The van der Waals surface area contributed by atoms with Crippen molar-refractivity contribution in [3.05, 3.63) is 23.8 Å². The molecule has 0 bridgehead atoms. The number of anilines is 1. The molecule has 2 nitrogen and oxygen atoms in total. The van der Waals surface area contributed by atoms with Crippen LogP contribution in [0, 0.1) is 5.92 Å². The highest BCUT2D eigenvalue weighted by Gasteiger charge is 2.30. The molecule has 1 aliphatic rings. The van der Waals surface area contributed by atoms with Crippen LogP contribution >= 0.6 is 0 Å². The summed E-state index contributed by atoms with van der Waals surface area (Å²) in [6.07, 6.45) is 3.91. The summed E-state index contributed by atoms with van der Waals surface area (Å²) < 4.78 is 5.50. The number of methoxy groups -OCH3 is 1. The van der Waals surface area contributed by atoms with E-state index in [1.54, 1.807) is 7.11 Å². The minimum absolute atomic E-state index is 0.171. The Morgan fingerprint density at radius 1 is 1.32 bits per heavy atom. The Morgan fingerprint density at radius 3 is 2.47 bits per heavy atom. The van der Waals surface area contributed by atoms with Crippen LogP contribution in [0.3, 0.4) is 0 Å². The second kappa shape index (κ2) is 5.44. The first kappa shape index (κ1) is 14.2. The Kier molecular flexibility index (Phi) is 4.07.